The Balaban J connectivity index is 1.84. The molecule has 168 valence electrons. The van der Waals surface area contributed by atoms with Gasteiger partial charge in [0.1, 0.15) is 0 Å². The quantitative estimate of drug-likeness (QED) is 0.331. The number of para-hydroxylation sites is 1. The van der Waals surface area contributed by atoms with Crippen LogP contribution in [0.3, 0.4) is 0 Å². The average molecular weight is 442 g/mol. The molecule has 0 amide bonds. The zero-order valence-electron chi connectivity index (χ0n) is 19.1. The molecule has 33 heavy (non-hydrogen) atoms. The molecule has 0 bridgehead atoms. The fourth-order valence-electron chi connectivity index (χ4n) is 4.01. The largest absolute Gasteiger partial charge is 0.481 e. The minimum atomic E-state index is -0.978. The Morgan fingerprint density at radius 2 is 1.12 bits per heavy atom. The van der Waals surface area contributed by atoms with Gasteiger partial charge in [-0.15, -0.1) is 0 Å². The summed E-state index contributed by atoms with van der Waals surface area (Å²) in [5.41, 5.74) is 4.38. The van der Waals surface area contributed by atoms with Gasteiger partial charge in [0.05, 0.1) is 16.5 Å². The van der Waals surface area contributed by atoms with Crippen LogP contribution < -0.4 is 0 Å². The minimum Gasteiger partial charge on any atom is -0.481 e. The highest BCUT2D eigenvalue weighted by atomic mass is 16.4. The van der Waals surface area contributed by atoms with Crippen LogP contribution in [0.1, 0.15) is 38.8 Å². The molecular weight excluding hydrogens is 414 g/mol. The van der Waals surface area contributed by atoms with Crippen molar-refractivity contribution < 1.29 is 19.8 Å². The predicted octanol–water partition coefficient (Wildman–Crippen LogP) is 6.23. The smallest absolute Gasteiger partial charge is 0.313 e. The highest BCUT2D eigenvalue weighted by molar-refractivity contribution is 6.03. The third-order valence-electron chi connectivity index (χ3n) is 6.57. The van der Waals surface area contributed by atoms with E-state index in [-0.39, 0.29) is 0 Å². The first-order chi connectivity index (χ1) is 15.5. The van der Waals surface area contributed by atoms with Crippen molar-refractivity contribution >= 4 is 22.8 Å². The molecule has 0 saturated heterocycles. The Morgan fingerprint density at radius 1 is 0.667 bits per heavy atom. The fraction of sp³-hybridized carbons (Fsp3) is 0.214. The van der Waals surface area contributed by atoms with E-state index in [4.69, 9.17) is 0 Å². The van der Waals surface area contributed by atoms with E-state index in [2.05, 4.69) is 11.1 Å². The standard InChI is InChI=1S/C28H27NO4/c1-27(2,25(30)31)19-13-9-17(10-14-19)23-21-7-5-6-8-22(21)29-24(23)18-11-15-20(16-12-18)28(3,4)26(32)33/h5-16,29H,1-4H3,(H,30,31)(H,32,33). The molecule has 0 aliphatic carbocycles. The Morgan fingerprint density at radius 3 is 1.61 bits per heavy atom. The molecule has 4 aromatic rings. The molecule has 0 spiro atoms. The lowest BCUT2D eigenvalue weighted by atomic mass is 9.83. The maximum absolute atomic E-state index is 11.6. The molecule has 0 aliphatic heterocycles. The van der Waals surface area contributed by atoms with E-state index < -0.39 is 22.8 Å². The van der Waals surface area contributed by atoms with Crippen molar-refractivity contribution in [3.8, 4) is 22.4 Å². The lowest BCUT2D eigenvalue weighted by Gasteiger charge is -2.20. The van der Waals surface area contributed by atoms with Crippen LogP contribution in [0.5, 0.6) is 0 Å². The Labute approximate surface area is 192 Å². The maximum Gasteiger partial charge on any atom is 0.313 e. The summed E-state index contributed by atoms with van der Waals surface area (Å²) >= 11 is 0. The number of hydrogen-bond donors (Lipinski definition) is 3. The van der Waals surface area contributed by atoms with Gasteiger partial charge >= 0.3 is 11.9 Å². The molecule has 3 N–H and O–H groups in total. The minimum absolute atomic E-state index is 0.733. The average Bonchev–Trinajstić information content (AvgIpc) is 3.18. The van der Waals surface area contributed by atoms with Crippen LogP contribution >= 0.6 is 0 Å². The summed E-state index contributed by atoms with van der Waals surface area (Å²) in [7, 11) is 0. The fourth-order valence-corrected chi connectivity index (χ4v) is 4.01. The molecule has 1 heterocycles. The van der Waals surface area contributed by atoms with Crippen molar-refractivity contribution in [1.82, 2.24) is 4.98 Å². The number of carboxylic acids is 2. The predicted molar refractivity (Wildman–Crippen MR) is 130 cm³/mol. The maximum atomic E-state index is 11.6. The van der Waals surface area contributed by atoms with Crippen molar-refractivity contribution in [3.63, 3.8) is 0 Å². The van der Waals surface area contributed by atoms with Gasteiger partial charge in [-0.05, 0) is 56.0 Å². The van der Waals surface area contributed by atoms with Crippen LogP contribution in [0.15, 0.2) is 72.8 Å². The van der Waals surface area contributed by atoms with E-state index >= 15 is 0 Å². The van der Waals surface area contributed by atoms with Gasteiger partial charge < -0.3 is 15.2 Å². The number of fused-ring (bicyclic) bond motifs is 1. The topological polar surface area (TPSA) is 90.4 Å². The number of aromatic nitrogens is 1. The second-order valence-corrected chi connectivity index (χ2v) is 9.44. The number of nitrogens with one attached hydrogen (secondary N) is 1. The number of aromatic amines is 1. The Kier molecular flexibility index (Phi) is 5.36. The first-order valence-corrected chi connectivity index (χ1v) is 10.8. The first-order valence-electron chi connectivity index (χ1n) is 10.8. The van der Waals surface area contributed by atoms with Gasteiger partial charge in [-0.1, -0.05) is 66.7 Å². The first kappa shape index (κ1) is 22.3. The van der Waals surface area contributed by atoms with Gasteiger partial charge in [-0.25, -0.2) is 0 Å². The summed E-state index contributed by atoms with van der Waals surface area (Å²) in [6, 6.07) is 23.3. The molecule has 0 saturated carbocycles. The van der Waals surface area contributed by atoms with Crippen LogP contribution in [0.25, 0.3) is 33.3 Å². The van der Waals surface area contributed by atoms with Crippen LogP contribution in [-0.2, 0) is 20.4 Å². The van der Waals surface area contributed by atoms with Crippen molar-refractivity contribution in [1.29, 1.82) is 0 Å². The SMILES string of the molecule is CC(C)(C(=O)O)c1ccc(-c2[nH]c3ccccc3c2-c2ccc(C(C)(C)C(=O)O)cc2)cc1. The summed E-state index contributed by atoms with van der Waals surface area (Å²) in [6.07, 6.45) is 0. The summed E-state index contributed by atoms with van der Waals surface area (Å²) in [4.78, 5) is 26.8. The van der Waals surface area contributed by atoms with Gasteiger partial charge in [-0.3, -0.25) is 9.59 Å². The number of rotatable bonds is 6. The van der Waals surface area contributed by atoms with Crippen molar-refractivity contribution in [2.24, 2.45) is 0 Å². The normalized spacial score (nSPS) is 12.1. The summed E-state index contributed by atoms with van der Waals surface area (Å²) in [5, 5.41) is 20.2. The highest BCUT2D eigenvalue weighted by Crippen LogP contribution is 2.39. The number of carbonyl (C=O) groups is 2. The molecule has 5 heteroatoms. The van der Waals surface area contributed by atoms with Gasteiger partial charge in [0.2, 0.25) is 0 Å². The summed E-state index contributed by atoms with van der Waals surface area (Å²) < 4.78 is 0. The number of hydrogen-bond acceptors (Lipinski definition) is 2. The molecular formula is C28H27NO4. The number of benzene rings is 3. The summed E-state index contributed by atoms with van der Waals surface area (Å²) in [5.74, 6) is -1.74. The van der Waals surface area contributed by atoms with E-state index in [1.165, 1.54) is 0 Å². The second kappa shape index (κ2) is 7.93. The molecule has 0 radical (unpaired) electrons. The Bertz CT molecular complexity index is 1340. The van der Waals surface area contributed by atoms with E-state index in [0.29, 0.717) is 0 Å². The van der Waals surface area contributed by atoms with E-state index in [1.54, 1.807) is 27.7 Å². The zero-order valence-corrected chi connectivity index (χ0v) is 19.1. The van der Waals surface area contributed by atoms with Crippen LogP contribution in [0.4, 0.5) is 0 Å². The lowest BCUT2D eigenvalue weighted by molar-refractivity contribution is -0.143. The third kappa shape index (κ3) is 3.80. The summed E-state index contributed by atoms with van der Waals surface area (Å²) in [6.45, 7) is 6.78. The van der Waals surface area contributed by atoms with Crippen LogP contribution in [0, 0.1) is 0 Å². The molecule has 5 nitrogen and oxygen atoms in total. The molecule has 1 aromatic heterocycles. The number of H-pyrrole nitrogens is 1. The van der Waals surface area contributed by atoms with Crippen molar-refractivity contribution in [2.75, 3.05) is 0 Å². The van der Waals surface area contributed by atoms with Gasteiger partial charge in [0, 0.05) is 16.5 Å². The highest BCUT2D eigenvalue weighted by Gasteiger charge is 2.30. The number of carboxylic acid groups (broad SMARTS) is 2. The van der Waals surface area contributed by atoms with Gasteiger partial charge in [0.15, 0.2) is 0 Å². The second-order valence-electron chi connectivity index (χ2n) is 9.44. The van der Waals surface area contributed by atoms with Gasteiger partial charge in [0.25, 0.3) is 0 Å². The molecule has 0 aliphatic rings. The molecule has 4 rings (SSSR count). The van der Waals surface area contributed by atoms with Crippen LogP contribution in [-0.4, -0.2) is 27.1 Å². The van der Waals surface area contributed by atoms with Gasteiger partial charge in [-0.2, -0.15) is 0 Å². The number of aliphatic carboxylic acids is 2. The van der Waals surface area contributed by atoms with E-state index in [9.17, 15) is 19.8 Å². The third-order valence-corrected chi connectivity index (χ3v) is 6.57. The van der Waals surface area contributed by atoms with Crippen molar-refractivity contribution in [3.05, 3.63) is 83.9 Å². The van der Waals surface area contributed by atoms with Crippen LogP contribution in [0.2, 0.25) is 0 Å². The monoisotopic (exact) mass is 441 g/mol. The van der Waals surface area contributed by atoms with E-state index in [0.717, 1.165) is 44.4 Å². The molecule has 0 fully saturated rings. The molecule has 0 unspecified atom stereocenters. The molecule has 0 atom stereocenters. The van der Waals surface area contributed by atoms with E-state index in [1.807, 2.05) is 66.7 Å². The lowest BCUT2D eigenvalue weighted by Crippen LogP contribution is -2.28. The zero-order chi connectivity index (χ0) is 24.0. The molecule has 3 aromatic carbocycles. The Hall–Kier alpha value is -3.86. The van der Waals surface area contributed by atoms with Crippen molar-refractivity contribution in [2.45, 2.75) is 38.5 Å².